The highest BCUT2D eigenvalue weighted by molar-refractivity contribution is 14.0. The molecule has 0 saturated heterocycles. The minimum atomic E-state index is -0.0850. The van der Waals surface area contributed by atoms with Crippen LogP contribution >= 0.6 is 24.0 Å². The molecule has 0 unspecified atom stereocenters. The number of hydrogen-bond donors (Lipinski definition) is 2. The van der Waals surface area contributed by atoms with Crippen molar-refractivity contribution in [2.45, 2.75) is 52.4 Å². The van der Waals surface area contributed by atoms with E-state index in [1.165, 1.54) is 0 Å². The van der Waals surface area contributed by atoms with Gasteiger partial charge in [-0.2, -0.15) is 0 Å². The zero-order valence-electron chi connectivity index (χ0n) is 14.9. The number of rotatable bonds is 13. The fraction of sp³-hybridized carbons (Fsp3) is 0.875. The summed E-state index contributed by atoms with van der Waals surface area (Å²) in [5.41, 5.74) is 0. The topological polar surface area (TPSA) is 72.0 Å². The number of unbranched alkanes of at least 4 members (excludes halogenated alkanes) is 3. The normalized spacial score (nSPS) is 10.8. The molecule has 0 aliphatic rings. The predicted molar refractivity (Wildman–Crippen MR) is 106 cm³/mol. The highest BCUT2D eigenvalue weighted by Gasteiger charge is 2.01. The highest BCUT2D eigenvalue weighted by Crippen LogP contribution is 2.03. The number of carbonyl (C=O) groups excluding carboxylic acids is 1. The van der Waals surface area contributed by atoms with Crippen molar-refractivity contribution >= 4 is 35.9 Å². The molecule has 0 aliphatic carbocycles. The third-order valence-electron chi connectivity index (χ3n) is 3.03. The third kappa shape index (κ3) is 17.6. The Bertz CT molecular complexity index is 302. The van der Waals surface area contributed by atoms with Crippen molar-refractivity contribution in [1.82, 2.24) is 10.6 Å². The number of halogens is 1. The van der Waals surface area contributed by atoms with Gasteiger partial charge in [-0.05, 0) is 33.1 Å². The van der Waals surface area contributed by atoms with Gasteiger partial charge in [-0.3, -0.25) is 9.79 Å². The smallest absolute Gasteiger partial charge is 0.305 e. The van der Waals surface area contributed by atoms with Crippen LogP contribution in [0, 0.1) is 0 Å². The first-order valence-corrected chi connectivity index (χ1v) is 8.41. The lowest BCUT2D eigenvalue weighted by Gasteiger charge is -2.11. The van der Waals surface area contributed by atoms with Crippen LogP contribution in [0.2, 0.25) is 0 Å². The third-order valence-corrected chi connectivity index (χ3v) is 3.03. The Kier molecular flexibility index (Phi) is 20.9. The molecule has 0 aromatic carbocycles. The number of aliphatic imine (C=N–C) groups is 1. The van der Waals surface area contributed by atoms with Crippen molar-refractivity contribution in [3.8, 4) is 0 Å². The standard InChI is InChI=1S/C16H33N3O3.HI/c1-4-17-16(19-13-10-14-21-3)18-12-9-7-6-8-11-15(20)22-5-2;/h4-14H2,1-3H3,(H2,17,18,19);1H. The van der Waals surface area contributed by atoms with E-state index in [0.717, 1.165) is 64.3 Å². The maximum atomic E-state index is 11.2. The maximum absolute atomic E-state index is 11.2. The molecule has 6 nitrogen and oxygen atoms in total. The first-order chi connectivity index (χ1) is 10.7. The number of hydrogen-bond acceptors (Lipinski definition) is 4. The minimum Gasteiger partial charge on any atom is -0.466 e. The summed E-state index contributed by atoms with van der Waals surface area (Å²) >= 11 is 0. The second-order valence-electron chi connectivity index (χ2n) is 5.00. The van der Waals surface area contributed by atoms with Gasteiger partial charge < -0.3 is 20.1 Å². The molecular formula is C16H34IN3O3. The van der Waals surface area contributed by atoms with Crippen molar-refractivity contribution in [2.24, 2.45) is 4.99 Å². The lowest BCUT2D eigenvalue weighted by Crippen LogP contribution is -2.37. The van der Waals surface area contributed by atoms with Crippen LogP contribution in [0.25, 0.3) is 0 Å². The molecule has 0 aliphatic heterocycles. The SMILES string of the molecule is CCNC(=NCCCOC)NCCCCCCC(=O)OCC.I. The molecular weight excluding hydrogens is 409 g/mol. The average molecular weight is 443 g/mol. The van der Waals surface area contributed by atoms with Gasteiger partial charge in [0.15, 0.2) is 5.96 Å². The van der Waals surface area contributed by atoms with Crippen molar-refractivity contribution in [1.29, 1.82) is 0 Å². The van der Waals surface area contributed by atoms with Crippen molar-refractivity contribution in [3.63, 3.8) is 0 Å². The van der Waals surface area contributed by atoms with Crippen LogP contribution in [-0.4, -0.2) is 51.9 Å². The molecule has 0 saturated carbocycles. The van der Waals surface area contributed by atoms with Crippen molar-refractivity contribution in [3.05, 3.63) is 0 Å². The summed E-state index contributed by atoms with van der Waals surface area (Å²) in [4.78, 5) is 15.7. The molecule has 2 N–H and O–H groups in total. The molecule has 0 amide bonds. The molecule has 0 fully saturated rings. The van der Waals surface area contributed by atoms with E-state index < -0.39 is 0 Å². The van der Waals surface area contributed by atoms with Crippen LogP contribution in [0.5, 0.6) is 0 Å². The van der Waals surface area contributed by atoms with Crippen molar-refractivity contribution in [2.75, 3.05) is 40.0 Å². The number of esters is 1. The van der Waals surface area contributed by atoms with E-state index in [1.807, 2.05) is 6.92 Å². The zero-order valence-corrected chi connectivity index (χ0v) is 17.2. The number of methoxy groups -OCH3 is 1. The van der Waals surface area contributed by atoms with Crippen LogP contribution in [-0.2, 0) is 14.3 Å². The molecule has 7 heteroatoms. The maximum Gasteiger partial charge on any atom is 0.305 e. The van der Waals surface area contributed by atoms with Gasteiger partial charge in [0.2, 0.25) is 0 Å². The number of ether oxygens (including phenoxy) is 2. The molecule has 0 bridgehead atoms. The first-order valence-electron chi connectivity index (χ1n) is 8.41. The van der Waals surface area contributed by atoms with Gasteiger partial charge in [0.25, 0.3) is 0 Å². The zero-order chi connectivity index (χ0) is 16.5. The Balaban J connectivity index is 0. The molecule has 0 spiro atoms. The van der Waals surface area contributed by atoms with E-state index in [-0.39, 0.29) is 29.9 Å². The van der Waals surface area contributed by atoms with Gasteiger partial charge in [-0.15, -0.1) is 24.0 Å². The van der Waals surface area contributed by atoms with Gasteiger partial charge in [0.1, 0.15) is 0 Å². The Hall–Kier alpha value is -0.570. The van der Waals surface area contributed by atoms with Crippen LogP contribution in [0.4, 0.5) is 0 Å². The molecule has 0 heterocycles. The Morgan fingerprint density at radius 1 is 1.04 bits per heavy atom. The number of carbonyl (C=O) groups is 1. The highest BCUT2D eigenvalue weighted by atomic mass is 127. The molecule has 0 aromatic heterocycles. The summed E-state index contributed by atoms with van der Waals surface area (Å²) in [7, 11) is 1.70. The summed E-state index contributed by atoms with van der Waals surface area (Å²) in [6, 6.07) is 0. The Morgan fingerprint density at radius 2 is 1.78 bits per heavy atom. The van der Waals surface area contributed by atoms with E-state index in [4.69, 9.17) is 9.47 Å². The van der Waals surface area contributed by atoms with Crippen LogP contribution in [0.15, 0.2) is 4.99 Å². The van der Waals surface area contributed by atoms with E-state index in [9.17, 15) is 4.79 Å². The fourth-order valence-corrected chi connectivity index (χ4v) is 1.93. The fourth-order valence-electron chi connectivity index (χ4n) is 1.93. The predicted octanol–water partition coefficient (Wildman–Crippen LogP) is 2.71. The lowest BCUT2D eigenvalue weighted by atomic mass is 10.1. The average Bonchev–Trinajstić information content (AvgIpc) is 2.50. The van der Waals surface area contributed by atoms with E-state index in [0.29, 0.717) is 13.0 Å². The summed E-state index contributed by atoms with van der Waals surface area (Å²) in [6.07, 6.45) is 5.61. The van der Waals surface area contributed by atoms with Crippen LogP contribution < -0.4 is 10.6 Å². The monoisotopic (exact) mass is 443 g/mol. The number of nitrogens with one attached hydrogen (secondary N) is 2. The molecule has 0 atom stereocenters. The Labute approximate surface area is 158 Å². The second kappa shape index (κ2) is 19.5. The summed E-state index contributed by atoms with van der Waals surface area (Å²) in [5, 5.41) is 6.55. The molecule has 138 valence electrons. The molecule has 0 rings (SSSR count). The van der Waals surface area contributed by atoms with Gasteiger partial charge in [-0.25, -0.2) is 0 Å². The van der Waals surface area contributed by atoms with E-state index in [1.54, 1.807) is 7.11 Å². The first kappa shape index (κ1) is 24.7. The molecule has 0 radical (unpaired) electrons. The lowest BCUT2D eigenvalue weighted by molar-refractivity contribution is -0.143. The quantitative estimate of drug-likeness (QED) is 0.151. The van der Waals surface area contributed by atoms with Crippen molar-refractivity contribution < 1.29 is 14.3 Å². The summed E-state index contributed by atoms with van der Waals surface area (Å²) < 4.78 is 9.91. The Morgan fingerprint density at radius 3 is 2.43 bits per heavy atom. The van der Waals surface area contributed by atoms with Crippen LogP contribution in [0.3, 0.4) is 0 Å². The van der Waals surface area contributed by atoms with E-state index >= 15 is 0 Å². The summed E-state index contributed by atoms with van der Waals surface area (Å²) in [6.45, 7) is 7.63. The molecule has 23 heavy (non-hydrogen) atoms. The number of guanidine groups is 1. The van der Waals surface area contributed by atoms with Crippen LogP contribution in [0.1, 0.15) is 52.4 Å². The molecule has 0 aromatic rings. The minimum absolute atomic E-state index is 0. The van der Waals surface area contributed by atoms with Gasteiger partial charge in [0.05, 0.1) is 6.61 Å². The van der Waals surface area contributed by atoms with E-state index in [2.05, 4.69) is 22.5 Å². The number of nitrogens with zero attached hydrogens (tertiary/aromatic N) is 1. The second-order valence-corrected chi connectivity index (χ2v) is 5.00. The van der Waals surface area contributed by atoms with Gasteiger partial charge >= 0.3 is 5.97 Å². The van der Waals surface area contributed by atoms with Gasteiger partial charge in [-0.1, -0.05) is 12.8 Å². The largest absolute Gasteiger partial charge is 0.466 e. The van der Waals surface area contributed by atoms with Gasteiger partial charge in [0, 0.05) is 39.8 Å². The summed E-state index contributed by atoms with van der Waals surface area (Å²) in [5.74, 6) is 0.781.